The minimum atomic E-state index is -3.02. The standard InChI is InChI=1S/C33H35N3O6SSi/c1-5-20-41-32(40)34-24-18-16-23(17-19-24)30-36-28(22-43-30)29(37)35-27(31(38)39)21-42-44(33(2,3)4,25-12-8-6-9-13-25)26-14-10-7-11-15-26/h5-19,22,27H,1,20-21H2,2-4H3,(H,34,40)(H,35,37)(H,38,39)/t27-/m0/s1. The molecule has 3 N–H and O–H groups in total. The second-order valence-corrected chi connectivity index (χ2v) is 16.1. The number of thiazole rings is 1. The van der Waals surface area contributed by atoms with Crippen LogP contribution in [-0.4, -0.2) is 55.6 Å². The molecule has 1 aromatic heterocycles. The normalized spacial score (nSPS) is 12.2. The summed E-state index contributed by atoms with van der Waals surface area (Å²) in [6.45, 7) is 9.67. The van der Waals surface area contributed by atoms with Crippen LogP contribution in [0, 0.1) is 0 Å². The highest BCUT2D eigenvalue weighted by Gasteiger charge is 2.50. The van der Waals surface area contributed by atoms with Gasteiger partial charge in [0.15, 0.2) is 0 Å². The van der Waals surface area contributed by atoms with Crippen LogP contribution in [-0.2, 0) is 14.0 Å². The van der Waals surface area contributed by atoms with Crippen molar-refractivity contribution in [3.8, 4) is 10.6 Å². The SMILES string of the molecule is C=CCOC(=O)Nc1ccc(-c2nc(C(=O)N[C@@H](CO[Si](c3ccccc3)(c3ccccc3)C(C)(C)C)C(=O)O)cs2)cc1. The molecule has 0 radical (unpaired) electrons. The van der Waals surface area contributed by atoms with E-state index in [4.69, 9.17) is 9.16 Å². The van der Waals surface area contributed by atoms with Gasteiger partial charge in [-0.2, -0.15) is 0 Å². The van der Waals surface area contributed by atoms with E-state index in [2.05, 4.69) is 43.0 Å². The highest BCUT2D eigenvalue weighted by atomic mass is 32.1. The van der Waals surface area contributed by atoms with E-state index in [1.54, 1.807) is 29.6 Å². The minimum absolute atomic E-state index is 0.0944. The van der Waals surface area contributed by atoms with Gasteiger partial charge in [-0.05, 0) is 39.7 Å². The first-order valence-electron chi connectivity index (χ1n) is 13.9. The van der Waals surface area contributed by atoms with Gasteiger partial charge in [0, 0.05) is 16.6 Å². The molecular formula is C33H35N3O6SSi. The Labute approximate surface area is 261 Å². The molecule has 0 saturated heterocycles. The smallest absolute Gasteiger partial charge is 0.411 e. The van der Waals surface area contributed by atoms with Gasteiger partial charge in [-0.1, -0.05) is 94.1 Å². The molecule has 0 unspecified atom stereocenters. The van der Waals surface area contributed by atoms with Crippen molar-refractivity contribution in [2.45, 2.75) is 31.9 Å². The van der Waals surface area contributed by atoms with Gasteiger partial charge in [0.05, 0.1) is 6.61 Å². The quantitative estimate of drug-likeness (QED) is 0.143. The molecule has 3 aromatic carbocycles. The summed E-state index contributed by atoms with van der Waals surface area (Å²) in [6, 6.07) is 25.3. The summed E-state index contributed by atoms with van der Waals surface area (Å²) in [4.78, 5) is 41.7. The molecule has 0 aliphatic rings. The van der Waals surface area contributed by atoms with E-state index >= 15 is 0 Å². The average Bonchev–Trinajstić information content (AvgIpc) is 3.51. The topological polar surface area (TPSA) is 127 Å². The average molecular weight is 630 g/mol. The van der Waals surface area contributed by atoms with E-state index in [9.17, 15) is 19.5 Å². The van der Waals surface area contributed by atoms with Gasteiger partial charge in [-0.25, -0.2) is 14.6 Å². The van der Waals surface area contributed by atoms with Gasteiger partial charge in [0.2, 0.25) is 0 Å². The molecule has 9 nitrogen and oxygen atoms in total. The second-order valence-electron chi connectivity index (χ2n) is 11.0. The van der Waals surface area contributed by atoms with E-state index < -0.39 is 32.3 Å². The zero-order chi connectivity index (χ0) is 31.7. The van der Waals surface area contributed by atoms with Gasteiger partial charge in [-0.15, -0.1) is 11.3 Å². The van der Waals surface area contributed by atoms with E-state index in [0.29, 0.717) is 10.7 Å². The number of carboxylic acid groups (broad SMARTS) is 1. The van der Waals surface area contributed by atoms with Crippen LogP contribution in [0.2, 0.25) is 5.04 Å². The first-order chi connectivity index (χ1) is 21.0. The number of nitrogens with zero attached hydrogens (tertiary/aromatic N) is 1. The molecule has 0 fully saturated rings. The van der Waals surface area contributed by atoms with Crippen molar-refractivity contribution in [3.05, 3.63) is 109 Å². The van der Waals surface area contributed by atoms with Crippen LogP contribution in [0.4, 0.5) is 10.5 Å². The van der Waals surface area contributed by atoms with Gasteiger partial charge in [0.25, 0.3) is 14.2 Å². The van der Waals surface area contributed by atoms with Crippen molar-refractivity contribution in [2.75, 3.05) is 18.5 Å². The highest BCUT2D eigenvalue weighted by molar-refractivity contribution is 7.13. The molecule has 0 aliphatic carbocycles. The predicted molar refractivity (Wildman–Crippen MR) is 175 cm³/mol. The largest absolute Gasteiger partial charge is 0.480 e. The third kappa shape index (κ3) is 7.49. The van der Waals surface area contributed by atoms with Crippen molar-refractivity contribution in [2.24, 2.45) is 0 Å². The number of aliphatic carboxylic acids is 1. The fourth-order valence-electron chi connectivity index (χ4n) is 4.87. The second kappa shape index (κ2) is 14.3. The summed E-state index contributed by atoms with van der Waals surface area (Å²) < 4.78 is 11.7. The number of hydrogen-bond donors (Lipinski definition) is 3. The van der Waals surface area contributed by atoms with Crippen molar-refractivity contribution in [1.29, 1.82) is 0 Å². The molecule has 0 aliphatic heterocycles. The maximum Gasteiger partial charge on any atom is 0.411 e. The predicted octanol–water partition coefficient (Wildman–Crippen LogP) is 5.30. The van der Waals surface area contributed by atoms with Gasteiger partial charge < -0.3 is 19.6 Å². The van der Waals surface area contributed by atoms with Crippen molar-refractivity contribution >= 4 is 53.7 Å². The number of hydrogen-bond acceptors (Lipinski definition) is 7. The molecule has 0 spiro atoms. The molecule has 1 atom stereocenters. The fourth-order valence-corrected chi connectivity index (χ4v) is 10.3. The van der Waals surface area contributed by atoms with Crippen LogP contribution in [0.3, 0.4) is 0 Å². The third-order valence-corrected chi connectivity index (χ3v) is 12.8. The van der Waals surface area contributed by atoms with Crippen LogP contribution >= 0.6 is 11.3 Å². The number of amides is 2. The molecule has 44 heavy (non-hydrogen) atoms. The van der Waals surface area contributed by atoms with E-state index in [1.165, 1.54) is 17.4 Å². The summed E-state index contributed by atoms with van der Waals surface area (Å²) in [5.41, 5.74) is 1.35. The monoisotopic (exact) mass is 629 g/mol. The number of aromatic nitrogens is 1. The van der Waals surface area contributed by atoms with Crippen LogP contribution in [0.5, 0.6) is 0 Å². The zero-order valence-electron chi connectivity index (χ0n) is 24.8. The number of ether oxygens (including phenoxy) is 1. The lowest BCUT2D eigenvalue weighted by molar-refractivity contribution is -0.140. The lowest BCUT2D eigenvalue weighted by atomic mass is 10.2. The lowest BCUT2D eigenvalue weighted by Crippen LogP contribution is -2.67. The van der Waals surface area contributed by atoms with Crippen LogP contribution in [0.15, 0.2) is 103 Å². The number of carbonyl (C=O) groups is 3. The molecule has 1 heterocycles. The Morgan fingerprint density at radius 1 is 0.977 bits per heavy atom. The number of benzene rings is 3. The van der Waals surface area contributed by atoms with Gasteiger partial charge in [0.1, 0.15) is 23.4 Å². The molecule has 0 bridgehead atoms. The molecule has 4 rings (SSSR count). The Hall–Kier alpha value is -4.58. The Bertz CT molecular complexity index is 1550. The Balaban J connectivity index is 1.51. The van der Waals surface area contributed by atoms with E-state index in [1.807, 2.05) is 60.7 Å². The number of nitrogens with one attached hydrogen (secondary N) is 2. The Kier molecular flexibility index (Phi) is 10.5. The summed E-state index contributed by atoms with van der Waals surface area (Å²) in [7, 11) is -3.02. The minimum Gasteiger partial charge on any atom is -0.480 e. The van der Waals surface area contributed by atoms with Crippen molar-refractivity contribution in [3.63, 3.8) is 0 Å². The first-order valence-corrected chi connectivity index (χ1v) is 16.7. The van der Waals surface area contributed by atoms with E-state index in [-0.39, 0.29) is 23.9 Å². The maximum atomic E-state index is 13.2. The van der Waals surface area contributed by atoms with Crippen molar-refractivity contribution in [1.82, 2.24) is 10.3 Å². The van der Waals surface area contributed by atoms with Crippen molar-refractivity contribution < 1.29 is 28.7 Å². The summed E-state index contributed by atoms with van der Waals surface area (Å²) >= 11 is 1.25. The summed E-state index contributed by atoms with van der Waals surface area (Å²) in [5.74, 6) is -1.82. The lowest BCUT2D eigenvalue weighted by Gasteiger charge is -2.43. The molecular weight excluding hydrogens is 595 g/mol. The highest BCUT2D eigenvalue weighted by Crippen LogP contribution is 2.36. The summed E-state index contributed by atoms with van der Waals surface area (Å²) in [5, 5.41) is 19.1. The number of anilines is 1. The fraction of sp³-hybridized carbons (Fsp3) is 0.212. The van der Waals surface area contributed by atoms with Crippen LogP contribution < -0.4 is 21.0 Å². The first kappa shape index (κ1) is 32.3. The molecule has 11 heteroatoms. The molecule has 228 valence electrons. The Morgan fingerprint density at radius 3 is 2.09 bits per heavy atom. The molecule has 4 aromatic rings. The zero-order valence-corrected chi connectivity index (χ0v) is 26.6. The van der Waals surface area contributed by atoms with Crippen LogP contribution in [0.1, 0.15) is 31.3 Å². The molecule has 2 amide bonds. The molecule has 0 saturated carbocycles. The van der Waals surface area contributed by atoms with E-state index in [0.717, 1.165) is 15.9 Å². The summed E-state index contributed by atoms with van der Waals surface area (Å²) in [6.07, 6.45) is 0.874. The number of carbonyl (C=O) groups excluding carboxylic acids is 2. The van der Waals surface area contributed by atoms with Gasteiger partial charge >= 0.3 is 12.1 Å². The van der Waals surface area contributed by atoms with Gasteiger partial charge in [-0.3, -0.25) is 10.1 Å². The van der Waals surface area contributed by atoms with Crippen LogP contribution in [0.25, 0.3) is 10.6 Å². The third-order valence-electron chi connectivity index (χ3n) is 6.93. The number of rotatable bonds is 12. The Morgan fingerprint density at radius 2 is 1.57 bits per heavy atom. The maximum absolute atomic E-state index is 13.2. The number of carboxylic acids is 1.